The molecule has 0 fully saturated rings. The molecule has 0 unspecified atom stereocenters. The minimum Gasteiger partial charge on any atom is -0.481 e. The van der Waals surface area contributed by atoms with E-state index in [1.54, 1.807) is 12.3 Å². The molecule has 45 heavy (non-hydrogen) atoms. The molecule has 2 rings (SSSR count). The van der Waals surface area contributed by atoms with Gasteiger partial charge in [0.2, 0.25) is 17.7 Å². The molecule has 1 heterocycles. The van der Waals surface area contributed by atoms with Gasteiger partial charge in [-0.25, -0.2) is 4.79 Å². The van der Waals surface area contributed by atoms with E-state index in [0.29, 0.717) is 18.5 Å². The van der Waals surface area contributed by atoms with Crippen LogP contribution in [0.5, 0.6) is 0 Å². The lowest BCUT2D eigenvalue weighted by molar-refractivity contribution is -0.143. The van der Waals surface area contributed by atoms with Gasteiger partial charge >= 0.3 is 11.9 Å². The molecule has 3 amide bonds. The van der Waals surface area contributed by atoms with Crippen LogP contribution in [-0.2, 0) is 30.4 Å². The number of carbonyl (C=O) groups is 5. The van der Waals surface area contributed by atoms with Crippen LogP contribution in [0.3, 0.4) is 0 Å². The van der Waals surface area contributed by atoms with Gasteiger partial charge in [0.25, 0.3) is 0 Å². The van der Waals surface area contributed by atoms with Gasteiger partial charge in [-0.2, -0.15) is 0 Å². The van der Waals surface area contributed by atoms with Crippen molar-refractivity contribution in [3.8, 4) is 0 Å². The zero-order valence-corrected chi connectivity index (χ0v) is 24.5. The molecule has 0 saturated heterocycles. The highest BCUT2D eigenvalue weighted by molar-refractivity contribution is 5.96. The third-order valence-corrected chi connectivity index (χ3v) is 6.69. The number of carboxylic acid groups (broad SMARTS) is 2. The first-order valence-corrected chi connectivity index (χ1v) is 14.1. The predicted molar refractivity (Wildman–Crippen MR) is 164 cm³/mol. The largest absolute Gasteiger partial charge is 0.481 e. The van der Waals surface area contributed by atoms with E-state index in [-0.39, 0.29) is 44.1 Å². The SMILES string of the molecule is N=C(N)NCCC[C@H](NC(=O)[C@H](CC(=O)O)NC(=O)[C@@H](Cc1c[nH]c2ccccc12)NC(=O)[C@@H](N)CCCNC(=N)N)C(=O)O. The highest BCUT2D eigenvalue weighted by Crippen LogP contribution is 2.19. The second kappa shape index (κ2) is 17.7. The third kappa shape index (κ3) is 12.4. The van der Waals surface area contributed by atoms with Crippen LogP contribution in [0.2, 0.25) is 0 Å². The molecule has 2 aromatic rings. The van der Waals surface area contributed by atoms with E-state index in [0.717, 1.165) is 10.9 Å². The van der Waals surface area contributed by atoms with Crippen LogP contribution in [-0.4, -0.2) is 94.0 Å². The highest BCUT2D eigenvalue weighted by Gasteiger charge is 2.32. The number of rotatable bonds is 19. The second-order valence-corrected chi connectivity index (χ2v) is 10.3. The summed E-state index contributed by atoms with van der Waals surface area (Å²) in [6.45, 7) is 0.459. The Bertz CT molecular complexity index is 1380. The lowest BCUT2D eigenvalue weighted by Crippen LogP contribution is -2.58. The van der Waals surface area contributed by atoms with Gasteiger partial charge in [0.15, 0.2) is 11.9 Å². The lowest BCUT2D eigenvalue weighted by Gasteiger charge is -2.24. The van der Waals surface area contributed by atoms with E-state index < -0.39 is 60.2 Å². The molecule has 16 N–H and O–H groups in total. The quantitative estimate of drug-likeness (QED) is 0.0437. The number of guanidine groups is 2. The van der Waals surface area contributed by atoms with Crippen molar-refractivity contribution in [2.24, 2.45) is 17.2 Å². The summed E-state index contributed by atoms with van der Waals surface area (Å²) >= 11 is 0. The van der Waals surface area contributed by atoms with Gasteiger partial charge in [0.05, 0.1) is 12.5 Å². The number of benzene rings is 1. The first-order chi connectivity index (χ1) is 21.3. The number of carboxylic acids is 2. The number of carbonyl (C=O) groups excluding carboxylic acids is 3. The van der Waals surface area contributed by atoms with Gasteiger partial charge in [-0.05, 0) is 37.3 Å². The smallest absolute Gasteiger partial charge is 0.326 e. The van der Waals surface area contributed by atoms with Gasteiger partial charge in [-0.1, -0.05) is 18.2 Å². The van der Waals surface area contributed by atoms with Crippen molar-refractivity contribution in [3.05, 3.63) is 36.0 Å². The first kappa shape index (κ1) is 35.8. The van der Waals surface area contributed by atoms with E-state index >= 15 is 0 Å². The lowest BCUT2D eigenvalue weighted by atomic mass is 10.0. The number of aromatic nitrogens is 1. The Morgan fingerprint density at radius 1 is 0.800 bits per heavy atom. The Morgan fingerprint density at radius 3 is 1.96 bits per heavy atom. The maximum atomic E-state index is 13.5. The highest BCUT2D eigenvalue weighted by atomic mass is 16.4. The van der Waals surface area contributed by atoms with E-state index in [4.69, 9.17) is 28.0 Å². The summed E-state index contributed by atoms with van der Waals surface area (Å²) in [5, 5.41) is 46.4. The average molecular weight is 632 g/mol. The number of nitrogens with one attached hydrogen (secondary N) is 8. The Labute approximate surface area is 258 Å². The summed E-state index contributed by atoms with van der Waals surface area (Å²) in [7, 11) is 0. The molecule has 18 heteroatoms. The minimum absolute atomic E-state index is 0.0531. The summed E-state index contributed by atoms with van der Waals surface area (Å²) in [5.41, 5.74) is 17.9. The molecule has 0 bridgehead atoms. The van der Waals surface area contributed by atoms with Crippen LogP contribution in [0.25, 0.3) is 10.9 Å². The molecular formula is C27H41N11O7. The van der Waals surface area contributed by atoms with Gasteiger partial charge < -0.3 is 59.0 Å². The normalized spacial score (nSPS) is 13.4. The van der Waals surface area contributed by atoms with Gasteiger partial charge in [0, 0.05) is 36.6 Å². The zero-order chi connectivity index (χ0) is 33.5. The summed E-state index contributed by atoms with van der Waals surface area (Å²) in [6.07, 6.45) is 1.45. The molecule has 4 atom stereocenters. The number of amides is 3. The number of fused-ring (bicyclic) bond motifs is 1. The van der Waals surface area contributed by atoms with Crippen LogP contribution in [0.1, 0.15) is 37.7 Å². The maximum absolute atomic E-state index is 13.5. The van der Waals surface area contributed by atoms with E-state index in [1.807, 2.05) is 18.2 Å². The molecule has 0 radical (unpaired) electrons. The number of aliphatic carboxylic acids is 2. The number of para-hydroxylation sites is 1. The Hall–Kier alpha value is -5.39. The van der Waals surface area contributed by atoms with E-state index in [1.165, 1.54) is 0 Å². The summed E-state index contributed by atoms with van der Waals surface area (Å²) < 4.78 is 0. The second-order valence-electron chi connectivity index (χ2n) is 10.3. The Morgan fingerprint density at radius 2 is 1.36 bits per heavy atom. The Balaban J connectivity index is 2.22. The fourth-order valence-corrected chi connectivity index (χ4v) is 4.40. The van der Waals surface area contributed by atoms with E-state index in [2.05, 4.69) is 31.6 Å². The van der Waals surface area contributed by atoms with Crippen LogP contribution < -0.4 is 43.8 Å². The number of aromatic amines is 1. The van der Waals surface area contributed by atoms with Crippen LogP contribution in [0.4, 0.5) is 0 Å². The monoisotopic (exact) mass is 631 g/mol. The van der Waals surface area contributed by atoms with Gasteiger partial charge in [0.1, 0.15) is 18.1 Å². The van der Waals surface area contributed by atoms with E-state index in [9.17, 15) is 34.2 Å². The summed E-state index contributed by atoms with van der Waals surface area (Å²) in [6, 6.07) is 1.80. The molecule has 1 aromatic carbocycles. The van der Waals surface area contributed by atoms with Crippen molar-refractivity contribution in [1.29, 1.82) is 10.8 Å². The first-order valence-electron chi connectivity index (χ1n) is 14.1. The fourth-order valence-electron chi connectivity index (χ4n) is 4.40. The molecule has 0 aliphatic heterocycles. The van der Waals surface area contributed by atoms with Crippen LogP contribution in [0, 0.1) is 10.8 Å². The third-order valence-electron chi connectivity index (χ3n) is 6.69. The number of nitrogens with two attached hydrogens (primary N) is 3. The molecule has 246 valence electrons. The number of H-pyrrole nitrogens is 1. The van der Waals surface area contributed by atoms with Crippen molar-refractivity contribution >= 4 is 52.5 Å². The van der Waals surface area contributed by atoms with Crippen molar-refractivity contribution in [2.45, 2.75) is 62.7 Å². The molecular weight excluding hydrogens is 590 g/mol. The van der Waals surface area contributed by atoms with Gasteiger partial charge in [-0.15, -0.1) is 0 Å². The summed E-state index contributed by atoms with van der Waals surface area (Å²) in [5.74, 6) is -5.99. The topological polar surface area (TPSA) is 328 Å². The number of hydrogen-bond acceptors (Lipinski definition) is 8. The van der Waals surface area contributed by atoms with Crippen molar-refractivity contribution < 1.29 is 34.2 Å². The summed E-state index contributed by atoms with van der Waals surface area (Å²) in [4.78, 5) is 66.0. The molecule has 18 nitrogen and oxygen atoms in total. The Kier molecular flexibility index (Phi) is 14.1. The predicted octanol–water partition coefficient (Wildman–Crippen LogP) is -2.42. The molecule has 0 saturated carbocycles. The average Bonchev–Trinajstić information content (AvgIpc) is 3.37. The van der Waals surface area contributed by atoms with Gasteiger partial charge in [-0.3, -0.25) is 30.0 Å². The molecule has 0 aliphatic rings. The molecule has 1 aromatic heterocycles. The number of hydrogen-bond donors (Lipinski definition) is 13. The van der Waals surface area contributed by atoms with Crippen LogP contribution in [0.15, 0.2) is 30.5 Å². The maximum Gasteiger partial charge on any atom is 0.326 e. The van der Waals surface area contributed by atoms with Crippen molar-refractivity contribution in [2.75, 3.05) is 13.1 Å². The standard InChI is InChI=1S/C27H41N11O7/c28-16(6-3-9-33-26(29)30)22(41)37-19(11-14-13-35-17-7-2-1-5-15(14)17)23(42)38-20(12-21(39)40)24(43)36-18(25(44)45)8-4-10-34-27(31)32/h1-2,5,7,13,16,18-20,35H,3-4,6,8-12,28H2,(H,36,43)(H,37,41)(H,38,42)(H,39,40)(H,44,45)(H4,29,30,33)(H4,31,32,34)/t16-,18-,19+,20-/m0/s1. The van der Waals surface area contributed by atoms with Crippen molar-refractivity contribution in [3.63, 3.8) is 0 Å². The molecule has 0 spiro atoms. The fraction of sp³-hybridized carbons (Fsp3) is 0.444. The molecule has 0 aliphatic carbocycles. The minimum atomic E-state index is -1.68. The van der Waals surface area contributed by atoms with Crippen LogP contribution >= 0.6 is 0 Å². The zero-order valence-electron chi connectivity index (χ0n) is 24.5. The van der Waals surface area contributed by atoms with Crippen molar-refractivity contribution in [1.82, 2.24) is 31.6 Å².